The normalized spacial score (nSPS) is 17.0. The van der Waals surface area contributed by atoms with Gasteiger partial charge < -0.3 is 15.4 Å². The van der Waals surface area contributed by atoms with E-state index in [4.69, 9.17) is 4.74 Å². The molecule has 0 bridgehead atoms. The second-order valence-corrected chi connectivity index (χ2v) is 8.95. The summed E-state index contributed by atoms with van der Waals surface area (Å²) in [6, 6.07) is 13.2. The first-order valence-corrected chi connectivity index (χ1v) is 11.8. The molecule has 9 nitrogen and oxygen atoms in total. The number of amides is 4. The van der Waals surface area contributed by atoms with E-state index in [0.717, 1.165) is 21.8 Å². The molecule has 4 amide bonds. The number of ketones is 1. The number of nitrogens with one attached hydrogen (secondary N) is 2. The molecular formula is C25H24N4O5S. The van der Waals surface area contributed by atoms with Gasteiger partial charge in [-0.2, -0.15) is 0 Å². The minimum atomic E-state index is -1.15. The number of Topliss-reactive ketones (excluding diaryl/α,β-unsaturated/α-hetero) is 1. The topological polar surface area (TPSA) is 118 Å². The van der Waals surface area contributed by atoms with Crippen molar-refractivity contribution in [2.75, 3.05) is 12.4 Å². The lowest BCUT2D eigenvalue weighted by molar-refractivity contribution is -0.134. The number of methoxy groups -OCH3 is 1. The number of ether oxygens (including phenoxy) is 1. The molecule has 0 radical (unpaired) electrons. The highest BCUT2D eigenvalue weighted by Gasteiger charge is 2.47. The summed E-state index contributed by atoms with van der Waals surface area (Å²) in [5.41, 5.74) is 1.58. The van der Waals surface area contributed by atoms with Crippen LogP contribution in [0.2, 0.25) is 0 Å². The van der Waals surface area contributed by atoms with Crippen LogP contribution in [0.25, 0.3) is 0 Å². The summed E-state index contributed by atoms with van der Waals surface area (Å²) in [4.78, 5) is 56.7. The summed E-state index contributed by atoms with van der Waals surface area (Å²) < 4.78 is 5.16. The Morgan fingerprint density at radius 2 is 1.80 bits per heavy atom. The van der Waals surface area contributed by atoms with Crippen molar-refractivity contribution in [1.29, 1.82) is 0 Å². The smallest absolute Gasteiger partial charge is 0.325 e. The van der Waals surface area contributed by atoms with Crippen LogP contribution in [-0.4, -0.2) is 46.7 Å². The molecule has 0 saturated carbocycles. The molecule has 180 valence electrons. The average Bonchev–Trinajstić information content (AvgIpc) is 3.45. The highest BCUT2D eigenvalue weighted by atomic mass is 32.1. The fourth-order valence-electron chi connectivity index (χ4n) is 3.96. The van der Waals surface area contributed by atoms with E-state index in [1.807, 2.05) is 30.3 Å². The van der Waals surface area contributed by atoms with E-state index < -0.39 is 35.8 Å². The van der Waals surface area contributed by atoms with Crippen LogP contribution in [0.4, 0.5) is 9.93 Å². The number of carbonyl (C=O) groups excluding carboxylic acids is 4. The number of carbonyl (C=O) groups is 4. The number of rotatable bonds is 8. The van der Waals surface area contributed by atoms with Crippen molar-refractivity contribution < 1.29 is 23.9 Å². The number of nitrogens with zero attached hydrogens (tertiary/aromatic N) is 2. The summed E-state index contributed by atoms with van der Waals surface area (Å²) in [5, 5.41) is 7.13. The summed E-state index contributed by atoms with van der Waals surface area (Å²) >= 11 is 1.10. The first-order chi connectivity index (χ1) is 16.8. The molecule has 35 heavy (non-hydrogen) atoms. The van der Waals surface area contributed by atoms with Gasteiger partial charge in [0.1, 0.15) is 23.5 Å². The zero-order valence-corrected chi connectivity index (χ0v) is 20.2. The zero-order valence-electron chi connectivity index (χ0n) is 19.3. The lowest BCUT2D eigenvalue weighted by Gasteiger charge is -2.29. The number of urea groups is 1. The summed E-state index contributed by atoms with van der Waals surface area (Å²) in [6.07, 6.45) is 0. The second-order valence-electron chi connectivity index (χ2n) is 8.09. The van der Waals surface area contributed by atoms with Crippen molar-refractivity contribution in [3.05, 3.63) is 76.8 Å². The number of benzene rings is 2. The van der Waals surface area contributed by atoms with Gasteiger partial charge in [-0.15, -0.1) is 11.3 Å². The minimum absolute atomic E-state index is 0.212. The quantitative estimate of drug-likeness (QED) is 0.365. The predicted octanol–water partition coefficient (Wildman–Crippen LogP) is 3.76. The van der Waals surface area contributed by atoms with Crippen LogP contribution < -0.4 is 15.4 Å². The van der Waals surface area contributed by atoms with Crippen LogP contribution in [-0.2, 0) is 9.59 Å². The van der Waals surface area contributed by atoms with Crippen molar-refractivity contribution >= 4 is 40.1 Å². The van der Waals surface area contributed by atoms with Gasteiger partial charge in [-0.25, -0.2) is 14.7 Å². The third kappa shape index (κ3) is 4.92. The molecule has 3 aromatic rings. The third-order valence-electron chi connectivity index (χ3n) is 5.86. The van der Waals surface area contributed by atoms with Gasteiger partial charge >= 0.3 is 6.03 Å². The van der Waals surface area contributed by atoms with Crippen LogP contribution in [0.5, 0.6) is 5.75 Å². The molecule has 0 spiro atoms. The summed E-state index contributed by atoms with van der Waals surface area (Å²) in [7, 11) is 1.54. The molecule has 4 rings (SSSR count). The molecule has 1 aliphatic heterocycles. The van der Waals surface area contributed by atoms with E-state index in [2.05, 4.69) is 15.6 Å². The molecule has 3 atom stereocenters. The van der Waals surface area contributed by atoms with Gasteiger partial charge in [0.25, 0.3) is 5.91 Å². The number of imide groups is 1. The highest BCUT2D eigenvalue weighted by Crippen LogP contribution is 2.31. The van der Waals surface area contributed by atoms with Crippen LogP contribution in [0.1, 0.15) is 47.4 Å². The number of hydrogen-bond donors (Lipinski definition) is 2. The first kappa shape index (κ1) is 24.1. The van der Waals surface area contributed by atoms with Crippen molar-refractivity contribution in [3.8, 4) is 5.75 Å². The maximum absolute atomic E-state index is 13.5. The second kappa shape index (κ2) is 10.1. The largest absolute Gasteiger partial charge is 0.497 e. The third-order valence-corrected chi connectivity index (χ3v) is 6.62. The highest BCUT2D eigenvalue weighted by molar-refractivity contribution is 7.14. The Balaban J connectivity index is 1.66. The van der Waals surface area contributed by atoms with Gasteiger partial charge in [0.05, 0.1) is 7.11 Å². The van der Waals surface area contributed by atoms with Crippen LogP contribution in [0.3, 0.4) is 0 Å². The van der Waals surface area contributed by atoms with Crippen molar-refractivity contribution in [3.63, 3.8) is 0 Å². The van der Waals surface area contributed by atoms with Gasteiger partial charge in [0.2, 0.25) is 5.91 Å². The minimum Gasteiger partial charge on any atom is -0.497 e. The van der Waals surface area contributed by atoms with E-state index in [1.54, 1.807) is 36.6 Å². The van der Waals surface area contributed by atoms with Crippen molar-refractivity contribution in [2.45, 2.75) is 31.8 Å². The maximum atomic E-state index is 13.5. The molecule has 2 N–H and O–H groups in total. The van der Waals surface area contributed by atoms with Gasteiger partial charge in [-0.1, -0.05) is 49.4 Å². The molecule has 1 saturated heterocycles. The molecule has 1 aromatic heterocycles. The number of aromatic nitrogens is 1. The Hall–Kier alpha value is -4.05. The SMILES string of the molecule is COc1ccc(C2NC(=O)N([C@H](C(=O)Nc3nc(C(C)=O)cs3)[C@@H](C)c3ccccc3)C2=O)cc1. The molecule has 1 fully saturated rings. The van der Waals surface area contributed by atoms with Crippen LogP contribution in [0, 0.1) is 0 Å². The number of hydrogen-bond acceptors (Lipinski definition) is 7. The number of anilines is 1. The average molecular weight is 493 g/mol. The Labute approximate surface area is 206 Å². The summed E-state index contributed by atoms with van der Waals surface area (Å²) in [5.74, 6) is -1.25. The molecule has 1 aliphatic rings. The lowest BCUT2D eigenvalue weighted by Crippen LogP contribution is -2.50. The van der Waals surface area contributed by atoms with E-state index in [9.17, 15) is 19.2 Å². The molecule has 0 aliphatic carbocycles. The van der Waals surface area contributed by atoms with Gasteiger partial charge in [0, 0.05) is 18.2 Å². The standard InChI is InChI=1S/C25H24N4O5S/c1-14(16-7-5-4-6-8-16)21(22(31)28-24-26-19(13-35-24)15(2)30)29-23(32)20(27-25(29)33)17-9-11-18(34-3)12-10-17/h4-14,20-21H,1-3H3,(H,27,33)(H,26,28,31)/t14-,20?,21-/m0/s1. The van der Waals surface area contributed by atoms with E-state index in [1.165, 1.54) is 14.0 Å². The first-order valence-electron chi connectivity index (χ1n) is 10.9. The van der Waals surface area contributed by atoms with E-state index in [-0.39, 0.29) is 16.6 Å². The molecular weight excluding hydrogens is 468 g/mol. The van der Waals surface area contributed by atoms with Gasteiger partial charge in [0.15, 0.2) is 10.9 Å². The lowest BCUT2D eigenvalue weighted by atomic mass is 9.91. The van der Waals surface area contributed by atoms with Crippen molar-refractivity contribution in [2.24, 2.45) is 0 Å². The molecule has 10 heteroatoms. The Morgan fingerprint density at radius 3 is 2.40 bits per heavy atom. The molecule has 2 aromatic carbocycles. The van der Waals surface area contributed by atoms with Crippen LogP contribution >= 0.6 is 11.3 Å². The molecule has 1 unspecified atom stereocenters. The van der Waals surface area contributed by atoms with Gasteiger partial charge in [-0.05, 0) is 23.3 Å². The Kier molecular flexibility index (Phi) is 6.92. The van der Waals surface area contributed by atoms with Crippen molar-refractivity contribution in [1.82, 2.24) is 15.2 Å². The zero-order chi connectivity index (χ0) is 25.1. The fraction of sp³-hybridized carbons (Fsp3) is 0.240. The number of thiazole rings is 1. The summed E-state index contributed by atoms with van der Waals surface area (Å²) in [6.45, 7) is 3.16. The van der Waals surface area contributed by atoms with Gasteiger partial charge in [-0.3, -0.25) is 14.4 Å². The Morgan fingerprint density at radius 1 is 1.11 bits per heavy atom. The van der Waals surface area contributed by atoms with E-state index >= 15 is 0 Å². The fourth-order valence-corrected chi connectivity index (χ4v) is 4.71. The molecule has 2 heterocycles. The monoisotopic (exact) mass is 492 g/mol. The predicted molar refractivity (Wildman–Crippen MR) is 131 cm³/mol. The van der Waals surface area contributed by atoms with E-state index in [0.29, 0.717) is 11.3 Å². The van der Waals surface area contributed by atoms with Crippen LogP contribution in [0.15, 0.2) is 60.0 Å². The Bertz CT molecular complexity index is 1260. The maximum Gasteiger partial charge on any atom is 0.325 e.